The van der Waals surface area contributed by atoms with Gasteiger partial charge in [-0.2, -0.15) is 0 Å². The number of rotatable bonds is 5. The molecule has 0 radical (unpaired) electrons. The van der Waals surface area contributed by atoms with Gasteiger partial charge < -0.3 is 0 Å². The van der Waals surface area contributed by atoms with Gasteiger partial charge in [-0.15, -0.1) is 0 Å². The second kappa shape index (κ2) is 8.09. The quantitative estimate of drug-likeness (QED) is 0.763. The summed E-state index contributed by atoms with van der Waals surface area (Å²) in [5, 5.41) is 0. The van der Waals surface area contributed by atoms with Crippen LogP contribution in [-0.2, 0) is 14.9 Å². The van der Waals surface area contributed by atoms with E-state index in [1.54, 1.807) is 31.2 Å². The van der Waals surface area contributed by atoms with E-state index in [0.29, 0.717) is 10.0 Å². The van der Waals surface area contributed by atoms with E-state index in [9.17, 15) is 18.0 Å². The number of hydroxylamine groups is 1. The van der Waals surface area contributed by atoms with E-state index in [2.05, 4.69) is 10.9 Å². The third-order valence-electron chi connectivity index (χ3n) is 3.67. The largest absolute Gasteiger partial charge is 0.288 e. The summed E-state index contributed by atoms with van der Waals surface area (Å²) in [5.74, 6) is -1.12. The predicted molar refractivity (Wildman–Crippen MR) is 94.5 cm³/mol. The van der Waals surface area contributed by atoms with Gasteiger partial charge in [-0.25, -0.2) is 8.42 Å². The van der Waals surface area contributed by atoms with Gasteiger partial charge in [0.2, 0.25) is 0 Å². The molecule has 138 valence electrons. The molecule has 2 amide bonds. The van der Waals surface area contributed by atoms with E-state index in [-0.39, 0.29) is 10.5 Å². The van der Waals surface area contributed by atoms with Crippen LogP contribution in [0.2, 0.25) is 0 Å². The first-order chi connectivity index (χ1) is 12.3. The van der Waals surface area contributed by atoms with E-state index in [4.69, 9.17) is 4.84 Å². The van der Waals surface area contributed by atoms with Crippen molar-refractivity contribution >= 4 is 21.8 Å². The molecule has 0 aromatic heterocycles. The SMILES string of the molecule is CON(C)S(=O)(=O)c1cccc(C(=O)NNC(=O)c2ccccc2C)c1. The van der Waals surface area contributed by atoms with Crippen molar-refractivity contribution in [2.45, 2.75) is 11.8 Å². The molecule has 0 spiro atoms. The molecule has 0 aliphatic heterocycles. The van der Waals surface area contributed by atoms with Crippen LogP contribution >= 0.6 is 0 Å². The number of sulfonamides is 1. The monoisotopic (exact) mass is 377 g/mol. The maximum absolute atomic E-state index is 12.2. The molecule has 2 aromatic rings. The van der Waals surface area contributed by atoms with Gasteiger partial charge in [-0.05, 0) is 36.8 Å². The second-order valence-corrected chi connectivity index (χ2v) is 7.28. The lowest BCUT2D eigenvalue weighted by molar-refractivity contribution is -0.0258. The smallest absolute Gasteiger partial charge is 0.269 e. The van der Waals surface area contributed by atoms with Gasteiger partial charge in [-0.3, -0.25) is 25.3 Å². The Morgan fingerprint density at radius 2 is 1.65 bits per heavy atom. The number of carbonyl (C=O) groups is 2. The fraction of sp³-hybridized carbons (Fsp3) is 0.176. The molecule has 9 heteroatoms. The van der Waals surface area contributed by atoms with Crippen molar-refractivity contribution in [1.29, 1.82) is 0 Å². The number of hydrazine groups is 1. The predicted octanol–water partition coefficient (Wildman–Crippen LogP) is 1.25. The molecule has 26 heavy (non-hydrogen) atoms. The summed E-state index contributed by atoms with van der Waals surface area (Å²) >= 11 is 0. The van der Waals surface area contributed by atoms with Crippen LogP contribution in [0.15, 0.2) is 53.4 Å². The second-order valence-electron chi connectivity index (χ2n) is 5.35. The fourth-order valence-electron chi connectivity index (χ4n) is 2.13. The molecule has 0 aliphatic rings. The highest BCUT2D eigenvalue weighted by molar-refractivity contribution is 7.89. The van der Waals surface area contributed by atoms with Gasteiger partial charge in [0.15, 0.2) is 0 Å². The molecule has 0 saturated heterocycles. The third kappa shape index (κ3) is 4.26. The average Bonchev–Trinajstić information content (AvgIpc) is 2.65. The number of benzene rings is 2. The molecule has 0 bridgehead atoms. The van der Waals surface area contributed by atoms with E-state index in [1.807, 2.05) is 0 Å². The maximum Gasteiger partial charge on any atom is 0.269 e. The molecule has 8 nitrogen and oxygen atoms in total. The summed E-state index contributed by atoms with van der Waals surface area (Å²) in [4.78, 5) is 28.9. The average molecular weight is 377 g/mol. The Hall–Kier alpha value is -2.75. The lowest BCUT2D eigenvalue weighted by Crippen LogP contribution is -2.41. The van der Waals surface area contributed by atoms with Gasteiger partial charge in [0.25, 0.3) is 21.8 Å². The van der Waals surface area contributed by atoms with E-state index < -0.39 is 21.8 Å². The van der Waals surface area contributed by atoms with Crippen LogP contribution in [0.5, 0.6) is 0 Å². The number of hydrogen-bond acceptors (Lipinski definition) is 5. The van der Waals surface area contributed by atoms with Gasteiger partial charge in [0.05, 0.1) is 12.0 Å². The van der Waals surface area contributed by atoms with Gasteiger partial charge >= 0.3 is 0 Å². The lowest BCUT2D eigenvalue weighted by Gasteiger charge is -2.14. The van der Waals surface area contributed by atoms with Crippen molar-refractivity contribution in [2.75, 3.05) is 14.2 Å². The zero-order chi connectivity index (χ0) is 19.3. The Labute approximate surface area is 151 Å². The minimum absolute atomic E-state index is 0.0701. The van der Waals surface area contributed by atoms with Crippen molar-refractivity contribution in [3.8, 4) is 0 Å². The van der Waals surface area contributed by atoms with Gasteiger partial charge in [-0.1, -0.05) is 28.7 Å². The third-order valence-corrected chi connectivity index (χ3v) is 5.34. The first kappa shape index (κ1) is 19.6. The minimum Gasteiger partial charge on any atom is -0.288 e. The van der Waals surface area contributed by atoms with Crippen molar-refractivity contribution in [3.63, 3.8) is 0 Å². The summed E-state index contributed by atoms with van der Waals surface area (Å²) in [5.41, 5.74) is 5.83. The standard InChI is InChI=1S/C17H19N3O5S/c1-12-7-4-5-10-15(12)17(22)19-18-16(21)13-8-6-9-14(11-13)26(23,24)20(2)25-3/h4-11H,1-3H3,(H,18,21)(H,19,22). The molecule has 2 aromatic carbocycles. The van der Waals surface area contributed by atoms with Crippen LogP contribution in [0, 0.1) is 6.92 Å². The summed E-state index contributed by atoms with van der Waals surface area (Å²) in [6, 6.07) is 12.3. The van der Waals surface area contributed by atoms with Crippen molar-refractivity contribution in [3.05, 3.63) is 65.2 Å². The Kier molecular flexibility index (Phi) is 6.09. The summed E-state index contributed by atoms with van der Waals surface area (Å²) in [6.07, 6.45) is 0. The zero-order valence-corrected chi connectivity index (χ0v) is 15.3. The van der Waals surface area contributed by atoms with Crippen molar-refractivity contribution < 1.29 is 22.8 Å². The van der Waals surface area contributed by atoms with Crippen molar-refractivity contribution in [1.82, 2.24) is 15.3 Å². The van der Waals surface area contributed by atoms with Crippen LogP contribution in [0.1, 0.15) is 26.3 Å². The topological polar surface area (TPSA) is 105 Å². The number of carbonyl (C=O) groups excluding carboxylic acids is 2. The highest BCUT2D eigenvalue weighted by Gasteiger charge is 2.22. The number of hydrogen-bond donors (Lipinski definition) is 2. The van der Waals surface area contributed by atoms with Crippen molar-refractivity contribution in [2.24, 2.45) is 0 Å². The van der Waals surface area contributed by atoms with E-state index in [1.165, 1.54) is 38.4 Å². The highest BCUT2D eigenvalue weighted by Crippen LogP contribution is 2.16. The van der Waals surface area contributed by atoms with E-state index >= 15 is 0 Å². The molecule has 0 unspecified atom stereocenters. The number of amides is 2. The zero-order valence-electron chi connectivity index (χ0n) is 14.5. The summed E-state index contributed by atoms with van der Waals surface area (Å²) in [6.45, 7) is 1.78. The summed E-state index contributed by atoms with van der Waals surface area (Å²) in [7, 11) is -1.42. The first-order valence-electron chi connectivity index (χ1n) is 7.57. The van der Waals surface area contributed by atoms with Crippen LogP contribution in [0.3, 0.4) is 0 Å². The van der Waals surface area contributed by atoms with Crippen LogP contribution < -0.4 is 10.9 Å². The maximum atomic E-state index is 12.2. The normalized spacial score (nSPS) is 11.2. The van der Waals surface area contributed by atoms with Gasteiger partial charge in [0.1, 0.15) is 0 Å². The molecule has 0 aliphatic carbocycles. The molecular weight excluding hydrogens is 358 g/mol. The fourth-order valence-corrected chi connectivity index (χ4v) is 3.14. The van der Waals surface area contributed by atoms with E-state index in [0.717, 1.165) is 5.56 Å². The minimum atomic E-state index is -3.88. The Morgan fingerprint density at radius 3 is 2.31 bits per heavy atom. The molecular formula is C17H19N3O5S. The Bertz CT molecular complexity index is 928. The molecule has 0 saturated carbocycles. The van der Waals surface area contributed by atoms with Gasteiger partial charge in [0, 0.05) is 18.2 Å². The molecule has 0 heterocycles. The van der Waals surface area contributed by atoms with Crippen LogP contribution in [-0.4, -0.2) is 38.9 Å². The molecule has 0 atom stereocenters. The van der Waals surface area contributed by atoms with Crippen LogP contribution in [0.4, 0.5) is 0 Å². The van der Waals surface area contributed by atoms with Crippen LogP contribution in [0.25, 0.3) is 0 Å². The number of nitrogens with zero attached hydrogens (tertiary/aromatic N) is 1. The molecule has 0 fully saturated rings. The summed E-state index contributed by atoms with van der Waals surface area (Å²) < 4.78 is 25.1. The first-order valence-corrected chi connectivity index (χ1v) is 9.01. The Morgan fingerprint density at radius 1 is 1.00 bits per heavy atom. The molecule has 2 rings (SSSR count). The highest BCUT2D eigenvalue weighted by atomic mass is 32.2. The molecule has 2 N–H and O–H groups in total. The number of aryl methyl sites for hydroxylation is 1. The Balaban J connectivity index is 2.12. The lowest BCUT2D eigenvalue weighted by atomic mass is 10.1. The number of nitrogens with one attached hydrogen (secondary N) is 2.